The average Bonchev–Trinajstić information content (AvgIpc) is 2.22. The molecule has 2 atom stereocenters. The Labute approximate surface area is 89.9 Å². The lowest BCUT2D eigenvalue weighted by Crippen LogP contribution is -2.30. The van der Waals surface area contributed by atoms with Crippen molar-refractivity contribution in [3.05, 3.63) is 24.1 Å². The number of pyridine rings is 1. The lowest BCUT2D eigenvalue weighted by atomic mass is 9.86. The summed E-state index contributed by atoms with van der Waals surface area (Å²) in [4.78, 5) is 3.82. The van der Waals surface area contributed by atoms with Crippen LogP contribution in [0.2, 0.25) is 0 Å². The van der Waals surface area contributed by atoms with Crippen LogP contribution in [-0.4, -0.2) is 11.0 Å². The van der Waals surface area contributed by atoms with Crippen molar-refractivity contribution in [2.45, 2.75) is 38.6 Å². The molecule has 2 nitrogen and oxygen atoms in total. The molecule has 3 heteroatoms. The van der Waals surface area contributed by atoms with Crippen LogP contribution in [0.15, 0.2) is 18.2 Å². The summed E-state index contributed by atoms with van der Waals surface area (Å²) in [5.74, 6) is 0.904. The number of anilines is 1. The number of halogens is 1. The highest BCUT2D eigenvalue weighted by Gasteiger charge is 2.21. The maximum absolute atomic E-state index is 12.9. The number of nitrogens with zero attached hydrogens (tertiary/aromatic N) is 1. The van der Waals surface area contributed by atoms with Gasteiger partial charge in [0.1, 0.15) is 5.82 Å². The molecule has 1 aromatic rings. The second kappa shape index (κ2) is 4.60. The summed E-state index contributed by atoms with van der Waals surface area (Å²) < 4.78 is 12.9. The largest absolute Gasteiger partial charge is 0.367 e. The molecule has 2 unspecified atom stereocenters. The normalized spacial score (nSPS) is 26.3. The van der Waals surface area contributed by atoms with E-state index in [1.165, 1.54) is 31.7 Å². The van der Waals surface area contributed by atoms with Gasteiger partial charge in [-0.15, -0.1) is 0 Å². The minimum Gasteiger partial charge on any atom is -0.367 e. The Kier molecular flexibility index (Phi) is 3.19. The van der Waals surface area contributed by atoms with Crippen LogP contribution in [0.25, 0.3) is 0 Å². The number of hydrogen-bond acceptors (Lipinski definition) is 2. The maximum atomic E-state index is 12.9. The van der Waals surface area contributed by atoms with Gasteiger partial charge in [-0.3, -0.25) is 0 Å². The van der Waals surface area contributed by atoms with E-state index < -0.39 is 5.95 Å². The van der Waals surface area contributed by atoms with Gasteiger partial charge in [-0.1, -0.05) is 25.8 Å². The first-order chi connectivity index (χ1) is 7.25. The third-order valence-electron chi connectivity index (χ3n) is 3.16. The predicted molar refractivity (Wildman–Crippen MR) is 59.2 cm³/mol. The average molecular weight is 208 g/mol. The van der Waals surface area contributed by atoms with Crippen LogP contribution in [0.1, 0.15) is 32.6 Å². The molecule has 0 amide bonds. The van der Waals surface area contributed by atoms with E-state index in [0.717, 1.165) is 0 Å². The van der Waals surface area contributed by atoms with Gasteiger partial charge in [-0.25, -0.2) is 4.98 Å². The van der Waals surface area contributed by atoms with E-state index >= 15 is 0 Å². The molecule has 1 saturated carbocycles. The van der Waals surface area contributed by atoms with Crippen molar-refractivity contribution in [1.82, 2.24) is 4.98 Å². The molecule has 0 bridgehead atoms. The summed E-state index contributed by atoms with van der Waals surface area (Å²) in [6.45, 7) is 2.25. The third kappa shape index (κ3) is 2.67. The first kappa shape index (κ1) is 10.4. The molecular weight excluding hydrogens is 191 g/mol. The maximum Gasteiger partial charge on any atom is 0.214 e. The van der Waals surface area contributed by atoms with Crippen LogP contribution in [-0.2, 0) is 0 Å². The summed E-state index contributed by atoms with van der Waals surface area (Å²) in [6, 6.07) is 5.34. The van der Waals surface area contributed by atoms with Crippen LogP contribution < -0.4 is 5.32 Å². The van der Waals surface area contributed by atoms with Crippen LogP contribution in [0.3, 0.4) is 0 Å². The highest BCUT2D eigenvalue weighted by Crippen LogP contribution is 2.26. The van der Waals surface area contributed by atoms with E-state index in [0.29, 0.717) is 17.8 Å². The summed E-state index contributed by atoms with van der Waals surface area (Å²) >= 11 is 0. The number of rotatable bonds is 2. The van der Waals surface area contributed by atoms with Gasteiger partial charge in [0.25, 0.3) is 0 Å². The smallest absolute Gasteiger partial charge is 0.214 e. The molecule has 0 aromatic carbocycles. The molecule has 1 aromatic heterocycles. The minimum atomic E-state index is -0.413. The fourth-order valence-corrected chi connectivity index (χ4v) is 2.21. The molecule has 0 aliphatic heterocycles. The first-order valence-electron chi connectivity index (χ1n) is 5.65. The Morgan fingerprint density at radius 1 is 1.33 bits per heavy atom. The van der Waals surface area contributed by atoms with Gasteiger partial charge in [-0.05, 0) is 30.9 Å². The molecule has 1 aliphatic carbocycles. The summed E-state index contributed by atoms with van der Waals surface area (Å²) in [6.07, 6.45) is 5.00. The van der Waals surface area contributed by atoms with Gasteiger partial charge in [0.2, 0.25) is 5.95 Å². The van der Waals surface area contributed by atoms with Crippen molar-refractivity contribution in [1.29, 1.82) is 0 Å². The van der Waals surface area contributed by atoms with Gasteiger partial charge in [0.15, 0.2) is 0 Å². The quantitative estimate of drug-likeness (QED) is 0.755. The fraction of sp³-hybridized carbons (Fsp3) is 0.583. The summed E-state index contributed by atoms with van der Waals surface area (Å²) in [5, 5.41) is 3.32. The fourth-order valence-electron chi connectivity index (χ4n) is 2.21. The van der Waals surface area contributed by atoms with Crippen LogP contribution >= 0.6 is 0 Å². The van der Waals surface area contributed by atoms with Gasteiger partial charge in [0, 0.05) is 6.04 Å². The highest BCUT2D eigenvalue weighted by molar-refractivity contribution is 5.35. The molecule has 82 valence electrons. The molecule has 1 fully saturated rings. The molecular formula is C12H17FN2. The van der Waals surface area contributed by atoms with E-state index in [-0.39, 0.29) is 0 Å². The Morgan fingerprint density at radius 2 is 2.13 bits per heavy atom. The lowest BCUT2D eigenvalue weighted by molar-refractivity contribution is 0.348. The minimum absolute atomic E-state index is 0.413. The van der Waals surface area contributed by atoms with Gasteiger partial charge >= 0.3 is 0 Å². The van der Waals surface area contributed by atoms with Gasteiger partial charge < -0.3 is 5.32 Å². The Bertz CT molecular complexity index is 327. The lowest BCUT2D eigenvalue weighted by Gasteiger charge is -2.29. The zero-order valence-corrected chi connectivity index (χ0v) is 9.04. The molecule has 0 spiro atoms. The molecule has 2 rings (SSSR count). The Morgan fingerprint density at radius 3 is 2.87 bits per heavy atom. The molecule has 1 aliphatic rings. The standard InChI is InChI=1S/C12H17FN2/c1-9-5-2-3-6-10(9)14-12-8-4-7-11(13)15-12/h4,7-10H,2-3,5-6H2,1H3,(H,14,15). The summed E-state index contributed by atoms with van der Waals surface area (Å²) in [5.41, 5.74) is 0. The van der Waals surface area contributed by atoms with Crippen LogP contribution in [0.4, 0.5) is 10.2 Å². The zero-order valence-electron chi connectivity index (χ0n) is 9.04. The molecule has 15 heavy (non-hydrogen) atoms. The van der Waals surface area contributed by atoms with Crippen molar-refractivity contribution in [2.75, 3.05) is 5.32 Å². The monoisotopic (exact) mass is 208 g/mol. The zero-order chi connectivity index (χ0) is 10.7. The third-order valence-corrected chi connectivity index (χ3v) is 3.16. The second-order valence-electron chi connectivity index (χ2n) is 4.36. The SMILES string of the molecule is CC1CCCCC1Nc1cccc(F)n1. The van der Waals surface area contributed by atoms with Crippen molar-refractivity contribution < 1.29 is 4.39 Å². The van der Waals surface area contributed by atoms with E-state index in [1.54, 1.807) is 6.07 Å². The predicted octanol–water partition coefficient (Wildman–Crippen LogP) is 3.21. The topological polar surface area (TPSA) is 24.9 Å². The van der Waals surface area contributed by atoms with Gasteiger partial charge in [-0.2, -0.15) is 4.39 Å². The molecule has 1 N–H and O–H groups in total. The van der Waals surface area contributed by atoms with E-state index in [4.69, 9.17) is 0 Å². The number of nitrogens with one attached hydrogen (secondary N) is 1. The number of aromatic nitrogens is 1. The first-order valence-corrected chi connectivity index (χ1v) is 5.65. The van der Waals surface area contributed by atoms with Crippen molar-refractivity contribution in [3.8, 4) is 0 Å². The molecule has 0 saturated heterocycles. The molecule has 0 radical (unpaired) electrons. The summed E-state index contributed by atoms with van der Waals surface area (Å²) in [7, 11) is 0. The number of hydrogen-bond donors (Lipinski definition) is 1. The van der Waals surface area contributed by atoms with Crippen LogP contribution in [0.5, 0.6) is 0 Å². The van der Waals surface area contributed by atoms with Crippen molar-refractivity contribution in [2.24, 2.45) is 5.92 Å². The van der Waals surface area contributed by atoms with Crippen LogP contribution in [0, 0.1) is 11.9 Å². The Balaban J connectivity index is 2.01. The van der Waals surface area contributed by atoms with Crippen molar-refractivity contribution >= 4 is 5.82 Å². The van der Waals surface area contributed by atoms with Crippen molar-refractivity contribution in [3.63, 3.8) is 0 Å². The Hall–Kier alpha value is -1.12. The van der Waals surface area contributed by atoms with E-state index in [2.05, 4.69) is 17.2 Å². The molecule has 1 heterocycles. The van der Waals surface area contributed by atoms with E-state index in [1.807, 2.05) is 6.07 Å². The highest BCUT2D eigenvalue weighted by atomic mass is 19.1. The second-order valence-corrected chi connectivity index (χ2v) is 4.36. The van der Waals surface area contributed by atoms with E-state index in [9.17, 15) is 4.39 Å². The van der Waals surface area contributed by atoms with Gasteiger partial charge in [0.05, 0.1) is 0 Å².